The highest BCUT2D eigenvalue weighted by Gasteiger charge is 2.39. The molecule has 7 heteroatoms. The van der Waals surface area contributed by atoms with Crippen LogP contribution in [0.1, 0.15) is 38.0 Å². The lowest BCUT2D eigenvalue weighted by atomic mass is 10.2. The molecule has 0 radical (unpaired) electrons. The van der Waals surface area contributed by atoms with Gasteiger partial charge in [-0.2, -0.15) is 0 Å². The highest BCUT2D eigenvalue weighted by Crippen LogP contribution is 2.35. The Kier molecular flexibility index (Phi) is 8.04. The molecule has 3 rings (SSSR count). The number of ether oxygens (including phenoxy) is 2. The minimum absolute atomic E-state index is 0.271. The van der Waals surface area contributed by atoms with E-state index in [1.54, 1.807) is 0 Å². The predicted octanol–water partition coefficient (Wildman–Crippen LogP) is 4.55. The van der Waals surface area contributed by atoms with Crippen molar-refractivity contribution in [3.05, 3.63) is 52.4 Å². The number of carbonyl (C=O) groups excluding carboxylic acids is 2. The third-order valence-electron chi connectivity index (χ3n) is 4.69. The molecule has 1 aromatic heterocycles. The van der Waals surface area contributed by atoms with E-state index in [-0.39, 0.29) is 11.8 Å². The van der Waals surface area contributed by atoms with Crippen LogP contribution in [0.3, 0.4) is 0 Å². The second-order valence-corrected chi connectivity index (χ2v) is 7.81. The maximum Gasteiger partial charge on any atom is 0.278 e. The number of unbranched alkanes of at least 4 members (excludes halogenated alkanes) is 1. The fourth-order valence-electron chi connectivity index (χ4n) is 3.20. The first-order valence-electron chi connectivity index (χ1n) is 10.4. The lowest BCUT2D eigenvalue weighted by Crippen LogP contribution is -2.34. The SMILES string of the molecule is CCCCOCCCN1C(=O)C(Nc2ccccc2OCC)=C(c2cccs2)C1=O. The van der Waals surface area contributed by atoms with Crippen molar-refractivity contribution in [2.24, 2.45) is 0 Å². The van der Waals surface area contributed by atoms with E-state index in [0.717, 1.165) is 17.7 Å². The number of rotatable bonds is 12. The molecule has 0 unspecified atom stereocenters. The smallest absolute Gasteiger partial charge is 0.278 e. The van der Waals surface area contributed by atoms with Crippen LogP contribution in [0.25, 0.3) is 5.57 Å². The summed E-state index contributed by atoms with van der Waals surface area (Å²) in [5, 5.41) is 5.08. The molecule has 0 saturated heterocycles. The molecule has 0 atom stereocenters. The van der Waals surface area contributed by atoms with Crippen LogP contribution in [0.5, 0.6) is 5.75 Å². The summed E-state index contributed by atoms with van der Waals surface area (Å²) in [6.45, 7) is 6.09. The monoisotopic (exact) mass is 428 g/mol. The molecule has 0 saturated carbocycles. The van der Waals surface area contributed by atoms with Gasteiger partial charge in [0.1, 0.15) is 11.4 Å². The Hall–Kier alpha value is -2.64. The molecule has 6 nitrogen and oxygen atoms in total. The Morgan fingerprint density at radius 3 is 2.53 bits per heavy atom. The summed E-state index contributed by atoms with van der Waals surface area (Å²) < 4.78 is 11.2. The van der Waals surface area contributed by atoms with E-state index in [1.165, 1.54) is 16.2 Å². The molecule has 0 aliphatic carbocycles. The topological polar surface area (TPSA) is 67.9 Å². The minimum atomic E-state index is -0.316. The minimum Gasteiger partial charge on any atom is -0.492 e. The predicted molar refractivity (Wildman–Crippen MR) is 120 cm³/mol. The number of amides is 2. The fraction of sp³-hybridized carbons (Fsp3) is 0.391. The molecule has 160 valence electrons. The number of anilines is 1. The molecule has 30 heavy (non-hydrogen) atoms. The van der Waals surface area contributed by atoms with Gasteiger partial charge in [0.15, 0.2) is 0 Å². The average molecular weight is 429 g/mol. The Morgan fingerprint density at radius 1 is 1.00 bits per heavy atom. The van der Waals surface area contributed by atoms with Gasteiger partial charge >= 0.3 is 0 Å². The molecule has 1 aliphatic rings. The van der Waals surface area contributed by atoms with Crippen molar-refractivity contribution in [2.75, 3.05) is 31.7 Å². The highest BCUT2D eigenvalue weighted by atomic mass is 32.1. The Morgan fingerprint density at radius 2 is 1.80 bits per heavy atom. The van der Waals surface area contributed by atoms with E-state index >= 15 is 0 Å². The van der Waals surface area contributed by atoms with Gasteiger partial charge in [-0.05, 0) is 43.3 Å². The second kappa shape index (κ2) is 10.9. The molecule has 0 spiro atoms. The van der Waals surface area contributed by atoms with Crippen LogP contribution >= 0.6 is 11.3 Å². The molecule has 1 aromatic carbocycles. The van der Waals surface area contributed by atoms with E-state index in [4.69, 9.17) is 9.47 Å². The van der Waals surface area contributed by atoms with Crippen molar-refractivity contribution in [2.45, 2.75) is 33.1 Å². The lowest BCUT2D eigenvalue weighted by Gasteiger charge is -2.16. The van der Waals surface area contributed by atoms with Crippen LogP contribution in [0, 0.1) is 0 Å². The lowest BCUT2D eigenvalue weighted by molar-refractivity contribution is -0.137. The first-order chi connectivity index (χ1) is 14.7. The summed E-state index contributed by atoms with van der Waals surface area (Å²) in [5.41, 5.74) is 1.36. The number of carbonyl (C=O) groups is 2. The zero-order valence-corrected chi connectivity index (χ0v) is 18.3. The summed E-state index contributed by atoms with van der Waals surface area (Å²) >= 11 is 1.44. The second-order valence-electron chi connectivity index (χ2n) is 6.86. The van der Waals surface area contributed by atoms with Gasteiger partial charge in [0.05, 0.1) is 17.9 Å². The molecule has 0 fully saturated rings. The summed E-state index contributed by atoms with van der Waals surface area (Å²) in [5.74, 6) is 0.0525. The zero-order valence-electron chi connectivity index (χ0n) is 17.5. The van der Waals surface area contributed by atoms with Gasteiger partial charge in [0.2, 0.25) is 0 Å². The zero-order chi connectivity index (χ0) is 21.3. The molecule has 0 bridgehead atoms. The van der Waals surface area contributed by atoms with Crippen molar-refractivity contribution in [1.82, 2.24) is 4.90 Å². The number of benzene rings is 1. The van der Waals surface area contributed by atoms with Gasteiger partial charge < -0.3 is 14.8 Å². The summed E-state index contributed by atoms with van der Waals surface area (Å²) in [6.07, 6.45) is 2.70. The molecule has 1 N–H and O–H groups in total. The van der Waals surface area contributed by atoms with Crippen molar-refractivity contribution in [1.29, 1.82) is 0 Å². The maximum atomic E-state index is 13.2. The summed E-state index contributed by atoms with van der Waals surface area (Å²) in [6, 6.07) is 11.1. The summed E-state index contributed by atoms with van der Waals surface area (Å²) in [7, 11) is 0. The van der Waals surface area contributed by atoms with Gasteiger partial charge in [-0.15, -0.1) is 11.3 Å². The van der Waals surface area contributed by atoms with Gasteiger partial charge in [0, 0.05) is 24.6 Å². The van der Waals surface area contributed by atoms with Crippen LogP contribution in [-0.2, 0) is 14.3 Å². The van der Waals surface area contributed by atoms with E-state index in [1.807, 2.05) is 48.7 Å². The number of thiophene rings is 1. The fourth-order valence-corrected chi connectivity index (χ4v) is 3.97. The molecular weight excluding hydrogens is 400 g/mol. The molecule has 1 aliphatic heterocycles. The summed E-state index contributed by atoms with van der Waals surface area (Å²) in [4.78, 5) is 28.4. The number of hydrogen-bond donors (Lipinski definition) is 1. The van der Waals surface area contributed by atoms with E-state index in [0.29, 0.717) is 55.5 Å². The Bertz CT molecular complexity index is 892. The average Bonchev–Trinajstić information content (AvgIpc) is 3.34. The van der Waals surface area contributed by atoms with Crippen molar-refractivity contribution in [3.8, 4) is 5.75 Å². The number of imide groups is 1. The van der Waals surface area contributed by atoms with Gasteiger partial charge in [0.25, 0.3) is 11.8 Å². The molecule has 2 aromatic rings. The van der Waals surface area contributed by atoms with E-state index < -0.39 is 0 Å². The van der Waals surface area contributed by atoms with Crippen molar-refractivity contribution < 1.29 is 19.1 Å². The van der Waals surface area contributed by atoms with Gasteiger partial charge in [-0.25, -0.2) is 0 Å². The largest absolute Gasteiger partial charge is 0.492 e. The van der Waals surface area contributed by atoms with Crippen LogP contribution in [0.15, 0.2) is 47.5 Å². The highest BCUT2D eigenvalue weighted by molar-refractivity contribution is 7.11. The third-order valence-corrected chi connectivity index (χ3v) is 5.58. The quantitative estimate of drug-likeness (QED) is 0.397. The van der Waals surface area contributed by atoms with E-state index in [2.05, 4.69) is 12.2 Å². The maximum absolute atomic E-state index is 13.2. The third kappa shape index (κ3) is 5.09. The Balaban J connectivity index is 1.80. The van der Waals surface area contributed by atoms with Crippen LogP contribution in [0.2, 0.25) is 0 Å². The standard InChI is InChI=1S/C23H28N2O4S/c1-3-5-14-28-15-9-13-25-22(26)20(19-12-8-16-30-19)21(23(25)27)24-17-10-6-7-11-18(17)29-4-2/h6-8,10-12,16,24H,3-5,9,13-15H2,1-2H3. The van der Waals surface area contributed by atoms with Gasteiger partial charge in [-0.1, -0.05) is 31.5 Å². The number of para-hydroxylation sites is 2. The first-order valence-corrected chi connectivity index (χ1v) is 11.3. The molecule has 2 heterocycles. The molecule has 2 amide bonds. The number of hydrogen-bond acceptors (Lipinski definition) is 6. The van der Waals surface area contributed by atoms with Crippen molar-refractivity contribution >= 4 is 34.4 Å². The van der Waals surface area contributed by atoms with Crippen LogP contribution in [-0.4, -0.2) is 43.1 Å². The first kappa shape index (κ1) is 22.1. The van der Waals surface area contributed by atoms with Crippen LogP contribution < -0.4 is 10.1 Å². The Labute approximate surface area is 181 Å². The van der Waals surface area contributed by atoms with Crippen LogP contribution in [0.4, 0.5) is 5.69 Å². The normalized spacial score (nSPS) is 14.0. The number of nitrogens with zero attached hydrogens (tertiary/aromatic N) is 1. The van der Waals surface area contributed by atoms with E-state index in [9.17, 15) is 9.59 Å². The van der Waals surface area contributed by atoms with Crippen molar-refractivity contribution in [3.63, 3.8) is 0 Å². The van der Waals surface area contributed by atoms with Gasteiger partial charge in [-0.3, -0.25) is 14.5 Å². The number of nitrogens with one attached hydrogen (secondary N) is 1. The molecular formula is C23H28N2O4S.